The molecular weight excluding hydrogens is 216 g/mol. The molecule has 0 amide bonds. The highest BCUT2D eigenvalue weighted by atomic mass is 16.5. The number of rotatable bonds is 3. The van der Waals surface area contributed by atoms with Crippen molar-refractivity contribution in [3.05, 3.63) is 52.4 Å². The summed E-state index contributed by atoms with van der Waals surface area (Å²) in [6, 6.07) is 8.02. The number of methoxy groups -OCH3 is 1. The summed E-state index contributed by atoms with van der Waals surface area (Å²) in [4.78, 5) is 11.3. The third kappa shape index (κ3) is 2.36. The maximum atomic E-state index is 11.3. The van der Waals surface area contributed by atoms with E-state index in [1.165, 1.54) is 18.9 Å². The monoisotopic (exact) mass is 230 g/mol. The molecule has 4 nitrogen and oxygen atoms in total. The van der Waals surface area contributed by atoms with Crippen LogP contribution in [0.25, 0.3) is 5.69 Å². The maximum Gasteiger partial charge on any atom is 0.241 e. The van der Waals surface area contributed by atoms with E-state index in [0.29, 0.717) is 5.75 Å². The topological polar surface area (TPSA) is 44.1 Å². The summed E-state index contributed by atoms with van der Waals surface area (Å²) in [5.41, 5.74) is 1.95. The highest BCUT2D eigenvalue weighted by molar-refractivity contribution is 5.34. The lowest BCUT2D eigenvalue weighted by Gasteiger charge is -2.07. The molecule has 0 fully saturated rings. The Labute approximate surface area is 99.5 Å². The normalized spacial score (nSPS) is 10.2. The average molecular weight is 230 g/mol. The second-order valence-corrected chi connectivity index (χ2v) is 3.67. The van der Waals surface area contributed by atoms with Crippen LogP contribution in [0, 0.1) is 0 Å². The van der Waals surface area contributed by atoms with E-state index >= 15 is 0 Å². The molecule has 17 heavy (non-hydrogen) atoms. The molecule has 0 atom stereocenters. The Bertz CT molecular complexity index is 558. The van der Waals surface area contributed by atoms with Gasteiger partial charge in [-0.2, -0.15) is 5.10 Å². The highest BCUT2D eigenvalue weighted by Crippen LogP contribution is 2.10. The van der Waals surface area contributed by atoms with Crippen LogP contribution in [0.1, 0.15) is 12.5 Å². The van der Waals surface area contributed by atoms with Crippen molar-refractivity contribution in [2.75, 3.05) is 7.11 Å². The van der Waals surface area contributed by atoms with Gasteiger partial charge in [0.2, 0.25) is 5.43 Å². The SMILES string of the molecule is CCc1ccc(-n2cc(OC)c(=O)cn2)cc1. The van der Waals surface area contributed by atoms with Gasteiger partial charge >= 0.3 is 0 Å². The van der Waals surface area contributed by atoms with Gasteiger partial charge in [0.25, 0.3) is 0 Å². The van der Waals surface area contributed by atoms with Gasteiger partial charge < -0.3 is 4.74 Å². The van der Waals surface area contributed by atoms with Crippen molar-refractivity contribution in [2.45, 2.75) is 13.3 Å². The van der Waals surface area contributed by atoms with Crippen LogP contribution in [0.2, 0.25) is 0 Å². The van der Waals surface area contributed by atoms with Gasteiger partial charge in [0.1, 0.15) is 0 Å². The molecule has 1 aromatic carbocycles. The summed E-state index contributed by atoms with van der Waals surface area (Å²) < 4.78 is 6.60. The Morgan fingerprint density at radius 1 is 1.29 bits per heavy atom. The van der Waals surface area contributed by atoms with Gasteiger partial charge in [0, 0.05) is 0 Å². The number of hydrogen-bond acceptors (Lipinski definition) is 3. The van der Waals surface area contributed by atoms with E-state index in [-0.39, 0.29) is 5.43 Å². The van der Waals surface area contributed by atoms with Crippen LogP contribution in [0.4, 0.5) is 0 Å². The average Bonchev–Trinajstić information content (AvgIpc) is 2.39. The minimum Gasteiger partial charge on any atom is -0.491 e. The molecule has 4 heteroatoms. The van der Waals surface area contributed by atoms with Gasteiger partial charge in [-0.15, -0.1) is 0 Å². The zero-order valence-corrected chi connectivity index (χ0v) is 9.88. The van der Waals surface area contributed by atoms with Gasteiger partial charge in [-0.3, -0.25) is 4.79 Å². The van der Waals surface area contributed by atoms with E-state index < -0.39 is 0 Å². The predicted molar refractivity (Wildman–Crippen MR) is 65.8 cm³/mol. The number of hydrogen-bond donors (Lipinski definition) is 0. The fourth-order valence-corrected chi connectivity index (χ4v) is 1.57. The Morgan fingerprint density at radius 2 is 2.00 bits per heavy atom. The summed E-state index contributed by atoms with van der Waals surface area (Å²) in [5.74, 6) is 0.291. The molecule has 88 valence electrons. The zero-order valence-electron chi connectivity index (χ0n) is 9.88. The van der Waals surface area contributed by atoms with Crippen molar-refractivity contribution in [2.24, 2.45) is 0 Å². The van der Waals surface area contributed by atoms with E-state index in [4.69, 9.17) is 4.74 Å². The largest absolute Gasteiger partial charge is 0.491 e. The number of aryl methyl sites for hydroxylation is 1. The van der Waals surface area contributed by atoms with Gasteiger partial charge in [-0.1, -0.05) is 19.1 Å². The van der Waals surface area contributed by atoms with E-state index in [1.807, 2.05) is 24.3 Å². The number of nitrogens with zero attached hydrogens (tertiary/aromatic N) is 2. The quantitative estimate of drug-likeness (QED) is 0.807. The Morgan fingerprint density at radius 3 is 2.59 bits per heavy atom. The van der Waals surface area contributed by atoms with Crippen molar-refractivity contribution in [3.8, 4) is 11.4 Å². The molecule has 0 aliphatic carbocycles. The first-order valence-corrected chi connectivity index (χ1v) is 5.47. The van der Waals surface area contributed by atoms with Gasteiger partial charge in [-0.25, -0.2) is 4.68 Å². The smallest absolute Gasteiger partial charge is 0.241 e. The summed E-state index contributed by atoms with van der Waals surface area (Å²) in [7, 11) is 1.47. The number of ether oxygens (including phenoxy) is 1. The van der Waals surface area contributed by atoms with Gasteiger partial charge in [0.05, 0.1) is 25.2 Å². The molecule has 0 aliphatic heterocycles. The molecular formula is C13H14N2O2. The van der Waals surface area contributed by atoms with Crippen LogP contribution in [0.3, 0.4) is 0 Å². The van der Waals surface area contributed by atoms with E-state index in [2.05, 4.69) is 12.0 Å². The van der Waals surface area contributed by atoms with Crippen LogP contribution in [-0.4, -0.2) is 16.9 Å². The molecule has 0 spiro atoms. The highest BCUT2D eigenvalue weighted by Gasteiger charge is 2.02. The summed E-state index contributed by atoms with van der Waals surface area (Å²) in [6.07, 6.45) is 3.84. The molecule has 1 heterocycles. The first kappa shape index (κ1) is 11.4. The lowest BCUT2D eigenvalue weighted by atomic mass is 10.1. The molecule has 0 aliphatic rings. The summed E-state index contributed by atoms with van der Waals surface area (Å²) >= 11 is 0. The molecule has 0 radical (unpaired) electrons. The Hall–Kier alpha value is -2.10. The minimum atomic E-state index is -0.214. The maximum absolute atomic E-state index is 11.3. The van der Waals surface area contributed by atoms with Crippen molar-refractivity contribution in [1.82, 2.24) is 9.78 Å². The van der Waals surface area contributed by atoms with Crippen molar-refractivity contribution >= 4 is 0 Å². The second kappa shape index (κ2) is 4.82. The number of benzene rings is 1. The Balaban J connectivity index is 2.42. The molecule has 2 rings (SSSR count). The molecule has 1 aromatic heterocycles. The number of aromatic nitrogens is 2. The van der Waals surface area contributed by atoms with Crippen molar-refractivity contribution in [3.63, 3.8) is 0 Å². The molecule has 0 bridgehead atoms. The molecule has 2 aromatic rings. The first-order chi connectivity index (χ1) is 8.24. The Kier molecular flexibility index (Phi) is 3.23. The summed E-state index contributed by atoms with van der Waals surface area (Å²) in [6.45, 7) is 2.11. The third-order valence-electron chi connectivity index (χ3n) is 2.61. The van der Waals surface area contributed by atoms with Crippen LogP contribution in [0.5, 0.6) is 5.75 Å². The zero-order chi connectivity index (χ0) is 12.3. The summed E-state index contributed by atoms with van der Waals surface area (Å²) in [5, 5.41) is 4.04. The van der Waals surface area contributed by atoms with E-state index in [9.17, 15) is 4.79 Å². The van der Waals surface area contributed by atoms with Crippen LogP contribution < -0.4 is 10.2 Å². The fraction of sp³-hybridized carbons (Fsp3) is 0.231. The lowest BCUT2D eigenvalue weighted by Crippen LogP contribution is -2.11. The second-order valence-electron chi connectivity index (χ2n) is 3.67. The van der Waals surface area contributed by atoms with Gasteiger partial charge in [0.15, 0.2) is 5.75 Å². The molecule has 0 N–H and O–H groups in total. The van der Waals surface area contributed by atoms with Crippen LogP contribution in [0.15, 0.2) is 41.5 Å². The van der Waals surface area contributed by atoms with Crippen LogP contribution in [-0.2, 0) is 6.42 Å². The van der Waals surface area contributed by atoms with Crippen molar-refractivity contribution < 1.29 is 4.74 Å². The predicted octanol–water partition coefficient (Wildman–Crippen LogP) is 1.80. The molecule has 0 saturated heterocycles. The van der Waals surface area contributed by atoms with Crippen LogP contribution >= 0.6 is 0 Å². The first-order valence-electron chi connectivity index (χ1n) is 5.47. The molecule has 0 unspecified atom stereocenters. The fourth-order valence-electron chi connectivity index (χ4n) is 1.57. The van der Waals surface area contributed by atoms with Crippen molar-refractivity contribution in [1.29, 1.82) is 0 Å². The van der Waals surface area contributed by atoms with E-state index in [1.54, 1.807) is 10.9 Å². The third-order valence-corrected chi connectivity index (χ3v) is 2.61. The molecule has 0 saturated carbocycles. The lowest BCUT2D eigenvalue weighted by molar-refractivity contribution is 0.405. The standard InChI is InChI=1S/C13H14N2O2/c1-3-10-4-6-11(7-5-10)15-9-13(17-2)12(16)8-14-15/h4-9H,3H2,1-2H3. The van der Waals surface area contributed by atoms with Gasteiger partial charge in [-0.05, 0) is 24.1 Å². The minimum absolute atomic E-state index is 0.214. The van der Waals surface area contributed by atoms with E-state index in [0.717, 1.165) is 12.1 Å².